The molecule has 3 aromatic rings. The highest BCUT2D eigenvalue weighted by atomic mass is 35.5. The summed E-state index contributed by atoms with van der Waals surface area (Å²) in [4.78, 5) is 7.95. The topological polar surface area (TPSA) is 37.8 Å². The van der Waals surface area contributed by atoms with Crippen LogP contribution in [0.1, 0.15) is 42.3 Å². The van der Waals surface area contributed by atoms with Gasteiger partial charge in [-0.25, -0.2) is 9.37 Å². The summed E-state index contributed by atoms with van der Waals surface area (Å²) in [5, 5.41) is 3.64. The van der Waals surface area contributed by atoms with E-state index in [1.807, 2.05) is 19.1 Å². The lowest BCUT2D eigenvalue weighted by Gasteiger charge is -2.42. The molecule has 38 heavy (non-hydrogen) atoms. The number of rotatable bonds is 6. The highest BCUT2D eigenvalue weighted by Crippen LogP contribution is 2.48. The van der Waals surface area contributed by atoms with Gasteiger partial charge in [-0.15, -0.1) is 11.3 Å². The molecule has 3 nitrogen and oxygen atoms in total. The van der Waals surface area contributed by atoms with Crippen LogP contribution in [0.5, 0.6) is 0 Å². The quantitative estimate of drug-likeness (QED) is 0.236. The van der Waals surface area contributed by atoms with Crippen molar-refractivity contribution in [3.05, 3.63) is 99.6 Å². The second kappa shape index (κ2) is 10.3. The summed E-state index contributed by atoms with van der Waals surface area (Å²) < 4.78 is 96.2. The van der Waals surface area contributed by atoms with Crippen molar-refractivity contribution in [2.75, 3.05) is 5.32 Å². The standard InChI is InChI=1S/C26H21ClF7N3S/c1-14-5-3-4-6-20(14)15(2)24(21-8-7-18(27)12-35-21,37-23-36-22(13-38-23)26(32,33)34)16-9-17(25(29,30)31)11-19(28)10-16/h3,5,7-14,20H,2,4,6H2,1H3,(H,36,37)/t14?,20?,24-/m0/s1. The highest BCUT2D eigenvalue weighted by molar-refractivity contribution is 7.13. The molecule has 3 atom stereocenters. The van der Waals surface area contributed by atoms with E-state index in [2.05, 4.69) is 21.9 Å². The fourth-order valence-electron chi connectivity index (χ4n) is 4.66. The van der Waals surface area contributed by atoms with Gasteiger partial charge in [0.05, 0.1) is 16.3 Å². The summed E-state index contributed by atoms with van der Waals surface area (Å²) in [6.45, 7) is 6.12. The highest BCUT2D eigenvalue weighted by Gasteiger charge is 2.46. The maximum Gasteiger partial charge on any atom is 0.434 e. The van der Waals surface area contributed by atoms with Crippen molar-refractivity contribution in [2.45, 2.75) is 37.7 Å². The van der Waals surface area contributed by atoms with Gasteiger partial charge in [-0.2, -0.15) is 26.3 Å². The molecule has 12 heteroatoms. The van der Waals surface area contributed by atoms with Crippen LogP contribution in [0.2, 0.25) is 5.02 Å². The van der Waals surface area contributed by atoms with Crippen LogP contribution in [0.15, 0.2) is 66.2 Å². The number of nitrogens with zero attached hydrogens (tertiary/aromatic N) is 2. The molecule has 0 saturated carbocycles. The lowest BCUT2D eigenvalue weighted by Crippen LogP contribution is -2.43. The van der Waals surface area contributed by atoms with Crippen LogP contribution in [-0.2, 0) is 17.9 Å². The third-order valence-electron chi connectivity index (χ3n) is 6.51. The number of hydrogen-bond donors (Lipinski definition) is 1. The van der Waals surface area contributed by atoms with Gasteiger partial charge in [-0.3, -0.25) is 4.98 Å². The largest absolute Gasteiger partial charge is 0.434 e. The zero-order chi connectivity index (χ0) is 27.9. The summed E-state index contributed by atoms with van der Waals surface area (Å²) >= 11 is 6.63. The number of nitrogens with one attached hydrogen (secondary N) is 1. The number of allylic oxidation sites excluding steroid dienone is 2. The van der Waals surface area contributed by atoms with Crippen LogP contribution >= 0.6 is 22.9 Å². The Morgan fingerprint density at radius 1 is 1.05 bits per heavy atom. The van der Waals surface area contributed by atoms with Crippen LogP contribution < -0.4 is 5.32 Å². The first-order valence-corrected chi connectivity index (χ1v) is 12.6. The summed E-state index contributed by atoms with van der Waals surface area (Å²) in [7, 11) is 0. The van der Waals surface area contributed by atoms with Crippen LogP contribution in [0, 0.1) is 17.7 Å². The second-order valence-corrected chi connectivity index (χ2v) is 10.3. The van der Waals surface area contributed by atoms with Gasteiger partial charge in [0, 0.05) is 11.6 Å². The summed E-state index contributed by atoms with van der Waals surface area (Å²) in [5.41, 5.74) is -4.22. The minimum absolute atomic E-state index is 0.0659. The van der Waals surface area contributed by atoms with E-state index in [0.717, 1.165) is 17.5 Å². The molecule has 0 fully saturated rings. The fourth-order valence-corrected chi connectivity index (χ4v) is 5.54. The lowest BCUT2D eigenvalue weighted by molar-refractivity contribution is -0.140. The van der Waals surface area contributed by atoms with Crippen molar-refractivity contribution in [2.24, 2.45) is 11.8 Å². The monoisotopic (exact) mass is 575 g/mol. The Labute approximate surface area is 223 Å². The van der Waals surface area contributed by atoms with Gasteiger partial charge >= 0.3 is 12.4 Å². The molecule has 2 unspecified atom stereocenters. The van der Waals surface area contributed by atoms with Gasteiger partial charge in [0.25, 0.3) is 0 Å². The second-order valence-electron chi connectivity index (χ2n) is 9.00. The Balaban J connectivity index is 2.02. The van der Waals surface area contributed by atoms with E-state index in [-0.39, 0.29) is 33.2 Å². The molecule has 4 rings (SSSR count). The predicted octanol–water partition coefficient (Wildman–Crippen LogP) is 8.88. The Hall–Kier alpha value is -2.92. The fraction of sp³-hybridized carbons (Fsp3) is 0.308. The normalized spacial score (nSPS) is 19.7. The van der Waals surface area contributed by atoms with Gasteiger partial charge in [0.2, 0.25) is 0 Å². The first-order chi connectivity index (χ1) is 17.7. The van der Waals surface area contributed by atoms with Crippen molar-refractivity contribution in [3.63, 3.8) is 0 Å². The van der Waals surface area contributed by atoms with Crippen molar-refractivity contribution in [1.82, 2.24) is 9.97 Å². The SMILES string of the molecule is C=C(C1CCC=CC1C)[C@](Nc1nc(C(F)(F)F)cs1)(c1cc(F)cc(C(F)(F)F)c1)c1ccc(Cl)cn1. The first-order valence-electron chi connectivity index (χ1n) is 11.4. The summed E-state index contributed by atoms with van der Waals surface area (Å²) in [5.74, 6) is -1.65. The number of thiazole rings is 1. The molecule has 0 radical (unpaired) electrons. The van der Waals surface area contributed by atoms with Crippen LogP contribution in [0.4, 0.5) is 35.9 Å². The first kappa shape index (κ1) is 28.1. The third-order valence-corrected chi connectivity index (χ3v) is 7.49. The van der Waals surface area contributed by atoms with E-state index in [1.54, 1.807) is 0 Å². The third kappa shape index (κ3) is 5.58. The molecule has 1 aliphatic carbocycles. The number of benzene rings is 1. The molecular weight excluding hydrogens is 555 g/mol. The molecule has 0 amide bonds. The Morgan fingerprint density at radius 2 is 1.76 bits per heavy atom. The van der Waals surface area contributed by atoms with E-state index in [1.165, 1.54) is 18.3 Å². The molecule has 1 aliphatic rings. The smallest absolute Gasteiger partial charge is 0.343 e. The number of anilines is 1. The van der Waals surface area contributed by atoms with E-state index >= 15 is 0 Å². The molecule has 0 saturated heterocycles. The molecule has 2 heterocycles. The van der Waals surface area contributed by atoms with E-state index in [9.17, 15) is 30.7 Å². The van der Waals surface area contributed by atoms with E-state index in [4.69, 9.17) is 11.6 Å². The molecular formula is C26H21ClF7N3S. The molecule has 0 bridgehead atoms. The summed E-state index contributed by atoms with van der Waals surface area (Å²) in [6, 6.07) is 4.85. The Bertz CT molecular complexity index is 1350. The number of pyridine rings is 1. The number of aromatic nitrogens is 2. The number of hydrogen-bond acceptors (Lipinski definition) is 4. The van der Waals surface area contributed by atoms with Gasteiger partial charge in [-0.1, -0.05) is 37.3 Å². The summed E-state index contributed by atoms with van der Waals surface area (Å²) in [6.07, 6.45) is -3.31. The average molecular weight is 576 g/mol. The van der Waals surface area contributed by atoms with Crippen LogP contribution in [0.25, 0.3) is 0 Å². The van der Waals surface area contributed by atoms with Gasteiger partial charge in [-0.05, 0) is 66.1 Å². The van der Waals surface area contributed by atoms with Crippen molar-refractivity contribution in [3.8, 4) is 0 Å². The van der Waals surface area contributed by atoms with Gasteiger partial charge in [0.15, 0.2) is 10.8 Å². The zero-order valence-corrected chi connectivity index (χ0v) is 21.4. The van der Waals surface area contributed by atoms with E-state index < -0.39 is 35.0 Å². The van der Waals surface area contributed by atoms with Crippen molar-refractivity contribution in [1.29, 1.82) is 0 Å². The molecule has 1 aromatic carbocycles. The number of halogens is 8. The average Bonchev–Trinajstić information content (AvgIpc) is 3.31. The van der Waals surface area contributed by atoms with Gasteiger partial charge < -0.3 is 5.32 Å². The minimum atomic E-state index is -4.90. The van der Waals surface area contributed by atoms with Gasteiger partial charge in [0.1, 0.15) is 11.4 Å². The molecule has 2 aromatic heterocycles. The van der Waals surface area contributed by atoms with E-state index in [0.29, 0.717) is 35.8 Å². The zero-order valence-electron chi connectivity index (χ0n) is 19.8. The Morgan fingerprint density at radius 3 is 2.34 bits per heavy atom. The molecule has 202 valence electrons. The predicted molar refractivity (Wildman–Crippen MR) is 132 cm³/mol. The minimum Gasteiger partial charge on any atom is -0.343 e. The molecule has 0 aliphatic heterocycles. The van der Waals surface area contributed by atoms with Crippen LogP contribution in [-0.4, -0.2) is 9.97 Å². The van der Waals surface area contributed by atoms with Crippen LogP contribution in [0.3, 0.4) is 0 Å². The molecule has 1 N–H and O–H groups in total. The van der Waals surface area contributed by atoms with Crippen molar-refractivity contribution >= 4 is 28.1 Å². The molecule has 0 spiro atoms. The maximum atomic E-state index is 14.8. The number of alkyl halides is 6. The maximum absolute atomic E-state index is 14.8. The Kier molecular flexibility index (Phi) is 7.64. The lowest BCUT2D eigenvalue weighted by atomic mass is 9.68. The van der Waals surface area contributed by atoms with Crippen molar-refractivity contribution < 1.29 is 30.7 Å².